The Morgan fingerprint density at radius 3 is 2.18 bits per heavy atom. The highest BCUT2D eigenvalue weighted by atomic mass is 32.2. The van der Waals surface area contributed by atoms with Crippen molar-refractivity contribution in [2.75, 3.05) is 0 Å². The van der Waals surface area contributed by atoms with Gasteiger partial charge in [0.2, 0.25) is 21.7 Å². The molecule has 1 N–H and O–H groups in total. The van der Waals surface area contributed by atoms with Crippen molar-refractivity contribution in [2.45, 2.75) is 51.0 Å². The second-order valence-corrected chi connectivity index (χ2v) is 9.65. The molecule has 3 aromatic rings. The zero-order chi connectivity index (χ0) is 20.5. The van der Waals surface area contributed by atoms with Gasteiger partial charge in [-0.15, -0.1) is 0 Å². The lowest BCUT2D eigenvalue weighted by Crippen LogP contribution is -2.27. The molecule has 6 nitrogen and oxygen atoms in total. The van der Waals surface area contributed by atoms with Gasteiger partial charge in [0.1, 0.15) is 0 Å². The number of benzene rings is 2. The number of nitrogens with one attached hydrogen (secondary N) is 1. The average Bonchev–Trinajstić information content (AvgIpc) is 3.11. The summed E-state index contributed by atoms with van der Waals surface area (Å²) >= 11 is 0. The molecule has 0 spiro atoms. The summed E-state index contributed by atoms with van der Waals surface area (Å²) in [7, 11) is -3.68. The van der Waals surface area contributed by atoms with Crippen molar-refractivity contribution >= 4 is 10.0 Å². The third kappa shape index (κ3) is 4.48. The quantitative estimate of drug-likeness (QED) is 0.688. The van der Waals surface area contributed by atoms with Crippen molar-refractivity contribution in [1.82, 2.24) is 14.9 Å². The Morgan fingerprint density at radius 2 is 1.61 bits per heavy atom. The van der Waals surface area contributed by atoms with Gasteiger partial charge in [0.05, 0.1) is 10.9 Å². The molecule has 0 radical (unpaired) electrons. The molecule has 1 aromatic heterocycles. The second-order valence-electron chi connectivity index (χ2n) is 7.94. The number of nitrogens with zero attached hydrogens (tertiary/aromatic N) is 2. The minimum Gasteiger partial charge on any atom is -0.337 e. The molecular weight excluding hydrogens is 374 g/mol. The van der Waals surface area contributed by atoms with Gasteiger partial charge in [0, 0.05) is 5.56 Å². The number of rotatable bonds is 5. The van der Waals surface area contributed by atoms with Crippen molar-refractivity contribution in [2.24, 2.45) is 0 Å². The van der Waals surface area contributed by atoms with Crippen LogP contribution < -0.4 is 4.72 Å². The minimum atomic E-state index is -3.68. The molecule has 3 rings (SSSR count). The largest absolute Gasteiger partial charge is 0.337 e. The maximum absolute atomic E-state index is 12.5. The van der Waals surface area contributed by atoms with Gasteiger partial charge < -0.3 is 4.52 Å². The highest BCUT2D eigenvalue weighted by molar-refractivity contribution is 7.89. The second kappa shape index (κ2) is 7.48. The molecular formula is C21H25N3O3S. The predicted octanol–water partition coefficient (Wildman–Crippen LogP) is 4.38. The van der Waals surface area contributed by atoms with Crippen LogP contribution >= 0.6 is 0 Å². The number of hydrogen-bond acceptors (Lipinski definition) is 5. The van der Waals surface area contributed by atoms with Crippen LogP contribution in [0.4, 0.5) is 0 Å². The van der Waals surface area contributed by atoms with E-state index in [9.17, 15) is 8.42 Å². The van der Waals surface area contributed by atoms with Gasteiger partial charge in [0.25, 0.3) is 0 Å². The molecule has 0 aliphatic carbocycles. The van der Waals surface area contributed by atoms with E-state index < -0.39 is 16.1 Å². The molecule has 28 heavy (non-hydrogen) atoms. The molecule has 0 amide bonds. The summed E-state index contributed by atoms with van der Waals surface area (Å²) in [6.45, 7) is 10.0. The van der Waals surface area contributed by atoms with E-state index in [1.54, 1.807) is 31.2 Å². The van der Waals surface area contributed by atoms with Crippen LogP contribution in [0.25, 0.3) is 11.4 Å². The van der Waals surface area contributed by atoms with Crippen molar-refractivity contribution in [3.05, 3.63) is 65.5 Å². The van der Waals surface area contributed by atoms with Gasteiger partial charge in [-0.1, -0.05) is 67.9 Å². The lowest BCUT2D eigenvalue weighted by molar-refractivity contribution is 0.354. The van der Waals surface area contributed by atoms with Crippen LogP contribution in [0.2, 0.25) is 0 Å². The van der Waals surface area contributed by atoms with Gasteiger partial charge in [-0.2, -0.15) is 9.71 Å². The third-order valence-electron chi connectivity index (χ3n) is 4.48. The zero-order valence-corrected chi connectivity index (χ0v) is 17.5. The Hall–Kier alpha value is -2.51. The number of hydrogen-bond donors (Lipinski definition) is 1. The molecule has 0 saturated carbocycles. The summed E-state index contributed by atoms with van der Waals surface area (Å²) in [4.78, 5) is 4.56. The molecule has 148 valence electrons. The molecule has 0 saturated heterocycles. The Morgan fingerprint density at radius 1 is 1.00 bits per heavy atom. The molecule has 2 aromatic carbocycles. The van der Waals surface area contributed by atoms with E-state index in [4.69, 9.17) is 4.52 Å². The Labute approximate surface area is 166 Å². The van der Waals surface area contributed by atoms with Crippen LogP contribution in [0.5, 0.6) is 0 Å². The topological polar surface area (TPSA) is 85.1 Å². The summed E-state index contributed by atoms with van der Waals surface area (Å²) in [5.41, 5.74) is 3.07. The summed E-state index contributed by atoms with van der Waals surface area (Å²) in [5.74, 6) is 0.641. The van der Waals surface area contributed by atoms with Gasteiger partial charge in [-0.25, -0.2) is 8.42 Å². The SMILES string of the molecule is Cc1ccc(S(=O)(=O)N[C@H](C)c2nc(-c3ccc(C(C)(C)C)cc3)no2)cc1. The Kier molecular flexibility index (Phi) is 5.41. The molecule has 0 bridgehead atoms. The molecule has 0 aliphatic rings. The van der Waals surface area contributed by atoms with Crippen molar-refractivity contribution in [3.63, 3.8) is 0 Å². The van der Waals surface area contributed by atoms with E-state index in [0.29, 0.717) is 5.82 Å². The molecule has 7 heteroatoms. The Bertz CT molecular complexity index is 1050. The third-order valence-corrected chi connectivity index (χ3v) is 6.04. The van der Waals surface area contributed by atoms with Crippen LogP contribution in [0.15, 0.2) is 57.9 Å². The van der Waals surface area contributed by atoms with E-state index in [2.05, 4.69) is 35.6 Å². The minimum absolute atomic E-state index is 0.0592. The highest BCUT2D eigenvalue weighted by Crippen LogP contribution is 2.26. The fraction of sp³-hybridized carbons (Fsp3) is 0.333. The van der Waals surface area contributed by atoms with E-state index >= 15 is 0 Å². The summed E-state index contributed by atoms with van der Waals surface area (Å²) in [6.07, 6.45) is 0. The summed E-state index contributed by atoms with van der Waals surface area (Å²) in [6, 6.07) is 14.0. The fourth-order valence-corrected chi connectivity index (χ4v) is 3.91. The van der Waals surface area contributed by atoms with Crippen molar-refractivity contribution in [1.29, 1.82) is 0 Å². The van der Waals surface area contributed by atoms with Crippen LogP contribution in [0.3, 0.4) is 0 Å². The lowest BCUT2D eigenvalue weighted by Gasteiger charge is -2.18. The number of aryl methyl sites for hydroxylation is 1. The smallest absolute Gasteiger partial charge is 0.244 e. The lowest BCUT2D eigenvalue weighted by atomic mass is 9.87. The molecule has 1 heterocycles. The normalized spacial score (nSPS) is 13.5. The maximum atomic E-state index is 12.5. The number of sulfonamides is 1. The highest BCUT2D eigenvalue weighted by Gasteiger charge is 2.23. The van der Waals surface area contributed by atoms with Crippen molar-refractivity contribution < 1.29 is 12.9 Å². The maximum Gasteiger partial charge on any atom is 0.244 e. The van der Waals surface area contributed by atoms with E-state index in [-0.39, 0.29) is 16.2 Å². The average molecular weight is 400 g/mol. The van der Waals surface area contributed by atoms with Gasteiger partial charge in [-0.3, -0.25) is 0 Å². The van der Waals surface area contributed by atoms with Crippen LogP contribution in [-0.4, -0.2) is 18.6 Å². The molecule has 0 unspecified atom stereocenters. The van der Waals surface area contributed by atoms with Gasteiger partial charge >= 0.3 is 0 Å². The first kappa shape index (κ1) is 20.2. The van der Waals surface area contributed by atoms with Crippen LogP contribution in [-0.2, 0) is 15.4 Å². The molecule has 0 aliphatic heterocycles. The monoisotopic (exact) mass is 399 g/mol. The van der Waals surface area contributed by atoms with Gasteiger partial charge in [0.15, 0.2) is 0 Å². The molecule has 0 fully saturated rings. The first-order valence-corrected chi connectivity index (χ1v) is 10.6. The summed E-state index contributed by atoms with van der Waals surface area (Å²) in [5, 5.41) is 3.99. The van der Waals surface area contributed by atoms with Crippen LogP contribution in [0, 0.1) is 6.92 Å². The predicted molar refractivity (Wildman–Crippen MR) is 108 cm³/mol. The first-order chi connectivity index (χ1) is 13.1. The van der Waals surface area contributed by atoms with Gasteiger partial charge in [-0.05, 0) is 37.0 Å². The first-order valence-electron chi connectivity index (χ1n) is 9.10. The van der Waals surface area contributed by atoms with E-state index in [0.717, 1.165) is 11.1 Å². The van der Waals surface area contributed by atoms with E-state index in [1.807, 2.05) is 31.2 Å². The molecule has 1 atom stereocenters. The zero-order valence-electron chi connectivity index (χ0n) is 16.7. The van der Waals surface area contributed by atoms with Crippen LogP contribution in [0.1, 0.15) is 50.8 Å². The Balaban J connectivity index is 1.77. The fourth-order valence-electron chi connectivity index (χ4n) is 2.72. The summed E-state index contributed by atoms with van der Waals surface area (Å²) < 4.78 is 32.9. The number of aromatic nitrogens is 2. The standard InChI is InChI=1S/C21H25N3O3S/c1-14-6-12-18(13-7-14)28(25,26)24-15(2)20-22-19(23-27-20)16-8-10-17(11-9-16)21(3,4)5/h6-13,15,24H,1-5H3/t15-/m1/s1. The van der Waals surface area contributed by atoms with E-state index in [1.165, 1.54) is 5.56 Å². The van der Waals surface area contributed by atoms with Crippen molar-refractivity contribution in [3.8, 4) is 11.4 Å².